The molecule has 3 rings (SSSR count). The molecule has 27 heavy (non-hydrogen) atoms. The molecule has 0 aliphatic heterocycles. The summed E-state index contributed by atoms with van der Waals surface area (Å²) in [6.07, 6.45) is 0. The molecule has 7 heteroatoms. The fraction of sp³-hybridized carbons (Fsp3) is 0.150. The smallest absolute Gasteiger partial charge is 0.337 e. The molecule has 0 atom stereocenters. The number of nitrogens with one attached hydrogen (secondary N) is 2. The Morgan fingerprint density at radius 3 is 2.52 bits per heavy atom. The van der Waals surface area contributed by atoms with Gasteiger partial charge < -0.3 is 20.5 Å². The van der Waals surface area contributed by atoms with E-state index in [0.29, 0.717) is 23.2 Å². The Kier molecular flexibility index (Phi) is 5.21. The molecule has 0 bridgehead atoms. The molecular weight excluding hydrogens is 344 g/mol. The summed E-state index contributed by atoms with van der Waals surface area (Å²) in [5.74, 6) is 0.544. The summed E-state index contributed by atoms with van der Waals surface area (Å²) in [6.45, 7) is 3.83. The van der Waals surface area contributed by atoms with Crippen LogP contribution in [-0.2, 0) is 0 Å². The van der Waals surface area contributed by atoms with E-state index in [0.717, 1.165) is 16.9 Å². The molecule has 0 saturated heterocycles. The average Bonchev–Trinajstić information content (AvgIpc) is 2.61. The number of carbonyl (C=O) groups is 1. The lowest BCUT2D eigenvalue weighted by atomic mass is 10.2. The van der Waals surface area contributed by atoms with E-state index in [-0.39, 0.29) is 5.56 Å². The Hall–Kier alpha value is -3.61. The number of hydrogen-bond acceptors (Lipinski definition) is 6. The molecule has 1 aromatic heterocycles. The molecule has 1 heterocycles. The minimum Gasteiger partial charge on any atom is -0.495 e. The number of para-hydroxylation sites is 1. The predicted molar refractivity (Wildman–Crippen MR) is 104 cm³/mol. The molecule has 7 nitrogen and oxygen atoms in total. The number of rotatable bonds is 6. The van der Waals surface area contributed by atoms with Gasteiger partial charge in [-0.25, -0.2) is 9.78 Å². The van der Waals surface area contributed by atoms with Crippen molar-refractivity contribution in [2.45, 2.75) is 13.8 Å². The Morgan fingerprint density at radius 1 is 1.00 bits per heavy atom. The molecular formula is C20H20N4O3. The second-order valence-electron chi connectivity index (χ2n) is 6.02. The quantitative estimate of drug-likeness (QED) is 0.600. The average molecular weight is 364 g/mol. The Balaban J connectivity index is 1.92. The van der Waals surface area contributed by atoms with Gasteiger partial charge in [-0.3, -0.25) is 0 Å². The Labute approximate surface area is 157 Å². The van der Waals surface area contributed by atoms with Crippen LogP contribution in [0.3, 0.4) is 0 Å². The molecule has 0 unspecified atom stereocenters. The number of hydrogen-bond donors (Lipinski definition) is 3. The van der Waals surface area contributed by atoms with Crippen LogP contribution in [0.1, 0.15) is 21.6 Å². The first kappa shape index (κ1) is 18.2. The van der Waals surface area contributed by atoms with E-state index in [1.165, 1.54) is 6.07 Å². The molecule has 0 aliphatic carbocycles. The van der Waals surface area contributed by atoms with Gasteiger partial charge in [0, 0.05) is 11.8 Å². The topological polar surface area (TPSA) is 96.4 Å². The molecule has 0 fully saturated rings. The highest BCUT2D eigenvalue weighted by molar-refractivity contribution is 5.95. The Bertz CT molecular complexity index is 989. The molecule has 0 saturated carbocycles. The maximum absolute atomic E-state index is 11.4. The van der Waals surface area contributed by atoms with E-state index in [1.54, 1.807) is 31.4 Å². The largest absolute Gasteiger partial charge is 0.495 e. The SMILES string of the molecule is COc1ccc(C)cc1Nc1nc(C)cc(Nc2ccccc2C(=O)O)n1. The van der Waals surface area contributed by atoms with Gasteiger partial charge in [-0.05, 0) is 43.7 Å². The number of aromatic nitrogens is 2. The van der Waals surface area contributed by atoms with E-state index in [2.05, 4.69) is 20.6 Å². The minimum absolute atomic E-state index is 0.170. The van der Waals surface area contributed by atoms with Gasteiger partial charge in [-0.2, -0.15) is 4.98 Å². The van der Waals surface area contributed by atoms with Gasteiger partial charge in [0.05, 0.1) is 24.0 Å². The summed E-state index contributed by atoms with van der Waals surface area (Å²) in [6, 6.07) is 14.2. The number of methoxy groups -OCH3 is 1. The van der Waals surface area contributed by atoms with E-state index in [4.69, 9.17) is 4.74 Å². The number of benzene rings is 2. The molecule has 3 N–H and O–H groups in total. The van der Waals surface area contributed by atoms with Crippen molar-refractivity contribution in [1.29, 1.82) is 0 Å². The zero-order chi connectivity index (χ0) is 19.4. The van der Waals surface area contributed by atoms with E-state index in [1.807, 2.05) is 32.0 Å². The molecule has 0 radical (unpaired) electrons. The van der Waals surface area contributed by atoms with Gasteiger partial charge >= 0.3 is 5.97 Å². The van der Waals surface area contributed by atoms with E-state index < -0.39 is 5.97 Å². The van der Waals surface area contributed by atoms with Crippen molar-refractivity contribution >= 4 is 29.1 Å². The highest BCUT2D eigenvalue weighted by atomic mass is 16.5. The van der Waals surface area contributed by atoms with Gasteiger partial charge in [-0.1, -0.05) is 18.2 Å². The molecule has 0 amide bonds. The number of aromatic carboxylic acids is 1. The zero-order valence-corrected chi connectivity index (χ0v) is 15.3. The van der Waals surface area contributed by atoms with Crippen LogP contribution in [0.4, 0.5) is 23.1 Å². The molecule has 3 aromatic rings. The standard InChI is InChI=1S/C20H20N4O3/c1-12-8-9-17(27-3)16(10-12)23-20-21-13(2)11-18(24-20)22-15-7-5-4-6-14(15)19(25)26/h4-11H,1-3H3,(H,25,26)(H2,21,22,23,24). The third-order valence-corrected chi connectivity index (χ3v) is 3.88. The molecule has 2 aromatic carbocycles. The van der Waals surface area contributed by atoms with Crippen molar-refractivity contribution in [3.8, 4) is 5.75 Å². The lowest BCUT2D eigenvalue weighted by molar-refractivity contribution is 0.0698. The fourth-order valence-electron chi connectivity index (χ4n) is 2.65. The highest BCUT2D eigenvalue weighted by Gasteiger charge is 2.11. The van der Waals surface area contributed by atoms with Crippen LogP contribution in [0.5, 0.6) is 5.75 Å². The first-order chi connectivity index (χ1) is 13.0. The van der Waals surface area contributed by atoms with Crippen LogP contribution in [0.15, 0.2) is 48.5 Å². The third-order valence-electron chi connectivity index (χ3n) is 3.88. The first-order valence-corrected chi connectivity index (χ1v) is 8.33. The fourth-order valence-corrected chi connectivity index (χ4v) is 2.65. The summed E-state index contributed by atoms with van der Waals surface area (Å²) < 4.78 is 5.37. The van der Waals surface area contributed by atoms with Crippen molar-refractivity contribution in [3.63, 3.8) is 0 Å². The monoisotopic (exact) mass is 364 g/mol. The maximum atomic E-state index is 11.4. The van der Waals surface area contributed by atoms with Gasteiger partial charge in [0.15, 0.2) is 0 Å². The Morgan fingerprint density at radius 2 is 1.78 bits per heavy atom. The van der Waals surface area contributed by atoms with E-state index in [9.17, 15) is 9.90 Å². The number of carboxylic acids is 1. The van der Waals surface area contributed by atoms with Gasteiger partial charge in [-0.15, -0.1) is 0 Å². The number of ether oxygens (including phenoxy) is 1. The summed E-state index contributed by atoms with van der Waals surface area (Å²) in [5, 5.41) is 15.6. The van der Waals surface area contributed by atoms with Gasteiger partial charge in [0.2, 0.25) is 5.95 Å². The summed E-state index contributed by atoms with van der Waals surface area (Å²) in [7, 11) is 1.60. The predicted octanol–water partition coefficient (Wildman–Crippen LogP) is 4.29. The maximum Gasteiger partial charge on any atom is 0.337 e. The summed E-state index contributed by atoms with van der Waals surface area (Å²) in [4.78, 5) is 20.2. The highest BCUT2D eigenvalue weighted by Crippen LogP contribution is 2.28. The number of nitrogens with zero attached hydrogens (tertiary/aromatic N) is 2. The summed E-state index contributed by atoms with van der Waals surface area (Å²) in [5.41, 5.74) is 3.18. The number of aryl methyl sites for hydroxylation is 2. The van der Waals surface area contributed by atoms with Crippen LogP contribution in [-0.4, -0.2) is 28.2 Å². The van der Waals surface area contributed by atoms with Gasteiger partial charge in [0.1, 0.15) is 11.6 Å². The number of carboxylic acid groups (broad SMARTS) is 1. The first-order valence-electron chi connectivity index (χ1n) is 8.33. The van der Waals surface area contributed by atoms with Crippen molar-refractivity contribution in [2.75, 3.05) is 17.7 Å². The van der Waals surface area contributed by atoms with Crippen molar-refractivity contribution < 1.29 is 14.6 Å². The summed E-state index contributed by atoms with van der Waals surface area (Å²) >= 11 is 0. The van der Waals surface area contributed by atoms with Gasteiger partial charge in [0.25, 0.3) is 0 Å². The second-order valence-corrected chi connectivity index (χ2v) is 6.02. The molecule has 0 spiro atoms. The lowest BCUT2D eigenvalue weighted by Crippen LogP contribution is -2.06. The number of anilines is 4. The second kappa shape index (κ2) is 7.74. The van der Waals surface area contributed by atoms with Crippen LogP contribution in [0.2, 0.25) is 0 Å². The normalized spacial score (nSPS) is 10.3. The van der Waals surface area contributed by atoms with Crippen LogP contribution >= 0.6 is 0 Å². The van der Waals surface area contributed by atoms with Crippen molar-refractivity contribution in [3.05, 3.63) is 65.4 Å². The lowest BCUT2D eigenvalue weighted by Gasteiger charge is -2.13. The van der Waals surface area contributed by atoms with Crippen LogP contribution < -0.4 is 15.4 Å². The van der Waals surface area contributed by atoms with Crippen LogP contribution in [0, 0.1) is 13.8 Å². The van der Waals surface area contributed by atoms with Crippen LogP contribution in [0.25, 0.3) is 0 Å². The van der Waals surface area contributed by atoms with E-state index >= 15 is 0 Å². The van der Waals surface area contributed by atoms with Crippen molar-refractivity contribution in [1.82, 2.24) is 9.97 Å². The molecule has 0 aliphatic rings. The molecule has 138 valence electrons. The third kappa shape index (κ3) is 4.33. The zero-order valence-electron chi connectivity index (χ0n) is 15.3. The minimum atomic E-state index is -1.01. The van der Waals surface area contributed by atoms with Crippen molar-refractivity contribution in [2.24, 2.45) is 0 Å².